The SMILES string of the molecule is Cc1cc(-c2cc(C(=O)NC(C)(C)CCC(=O)O)c3c(C)noc3n2)c(C)o1. The van der Waals surface area contributed by atoms with Gasteiger partial charge in [0.15, 0.2) is 0 Å². The quantitative estimate of drug-likeness (QED) is 0.663. The fraction of sp³-hybridized carbons (Fsp3) is 0.400. The van der Waals surface area contributed by atoms with E-state index in [0.717, 1.165) is 11.3 Å². The highest BCUT2D eigenvalue weighted by Crippen LogP contribution is 2.30. The molecule has 2 N–H and O–H groups in total. The zero-order valence-electron chi connectivity index (χ0n) is 16.5. The number of aromatic nitrogens is 2. The van der Waals surface area contributed by atoms with Gasteiger partial charge in [-0.1, -0.05) is 5.16 Å². The average Bonchev–Trinajstić information content (AvgIpc) is 3.14. The smallest absolute Gasteiger partial charge is 0.303 e. The molecule has 0 bridgehead atoms. The lowest BCUT2D eigenvalue weighted by molar-refractivity contribution is -0.137. The molecule has 0 spiro atoms. The van der Waals surface area contributed by atoms with Crippen LogP contribution in [0.2, 0.25) is 0 Å². The fourth-order valence-corrected chi connectivity index (χ4v) is 3.15. The standard InChI is InChI=1S/C20H23N3O5/c1-10-8-13(12(3)27-10)15-9-14(17-11(2)23-28-19(17)21-15)18(26)22-20(4,5)7-6-16(24)25/h8-9H,6-7H2,1-5H3,(H,22,26)(H,24,25). The number of furan rings is 1. The molecular formula is C20H23N3O5. The molecule has 0 aliphatic carbocycles. The number of carboxylic acids is 1. The van der Waals surface area contributed by atoms with Gasteiger partial charge in [0, 0.05) is 17.5 Å². The topological polar surface area (TPSA) is 118 Å². The zero-order valence-corrected chi connectivity index (χ0v) is 16.5. The van der Waals surface area contributed by atoms with Crippen molar-refractivity contribution in [2.75, 3.05) is 0 Å². The van der Waals surface area contributed by atoms with Crippen molar-refractivity contribution in [3.05, 3.63) is 34.9 Å². The molecule has 148 valence electrons. The number of hydrogen-bond acceptors (Lipinski definition) is 6. The second-order valence-electron chi connectivity index (χ2n) is 7.56. The van der Waals surface area contributed by atoms with Crippen LogP contribution in [0.4, 0.5) is 0 Å². The summed E-state index contributed by atoms with van der Waals surface area (Å²) < 4.78 is 10.9. The third kappa shape index (κ3) is 3.90. The highest BCUT2D eigenvalue weighted by atomic mass is 16.5. The van der Waals surface area contributed by atoms with E-state index in [1.165, 1.54) is 0 Å². The maximum Gasteiger partial charge on any atom is 0.303 e. The number of carbonyl (C=O) groups excluding carboxylic acids is 1. The summed E-state index contributed by atoms with van der Waals surface area (Å²) >= 11 is 0. The van der Waals surface area contributed by atoms with Gasteiger partial charge in [-0.05, 0) is 53.2 Å². The van der Waals surface area contributed by atoms with Crippen LogP contribution >= 0.6 is 0 Å². The normalized spacial score (nSPS) is 11.8. The molecule has 0 aliphatic heterocycles. The predicted octanol–water partition coefficient (Wildman–Crippen LogP) is 3.78. The Morgan fingerprint density at radius 1 is 1.21 bits per heavy atom. The van der Waals surface area contributed by atoms with Crippen LogP contribution < -0.4 is 5.32 Å². The Labute approximate surface area is 161 Å². The number of hydrogen-bond donors (Lipinski definition) is 2. The second-order valence-corrected chi connectivity index (χ2v) is 7.56. The lowest BCUT2D eigenvalue weighted by atomic mass is 9.97. The largest absolute Gasteiger partial charge is 0.481 e. The number of aliphatic carboxylic acids is 1. The van der Waals surface area contributed by atoms with Crippen LogP contribution in [-0.4, -0.2) is 32.7 Å². The molecule has 3 rings (SSSR count). The molecule has 0 fully saturated rings. The Bertz CT molecular complexity index is 1060. The highest BCUT2D eigenvalue weighted by Gasteiger charge is 2.26. The molecule has 0 unspecified atom stereocenters. The zero-order chi connectivity index (χ0) is 20.6. The summed E-state index contributed by atoms with van der Waals surface area (Å²) in [5, 5.41) is 16.3. The Morgan fingerprint density at radius 3 is 2.54 bits per heavy atom. The number of fused-ring (bicyclic) bond motifs is 1. The third-order valence-corrected chi connectivity index (χ3v) is 4.59. The van der Waals surface area contributed by atoms with E-state index in [0.29, 0.717) is 34.5 Å². The molecule has 3 aromatic heterocycles. The van der Waals surface area contributed by atoms with E-state index in [1.807, 2.05) is 19.9 Å². The number of nitrogens with zero attached hydrogens (tertiary/aromatic N) is 2. The van der Waals surface area contributed by atoms with E-state index in [2.05, 4.69) is 15.5 Å². The van der Waals surface area contributed by atoms with Crippen molar-refractivity contribution < 1.29 is 23.6 Å². The van der Waals surface area contributed by atoms with Crippen LogP contribution in [-0.2, 0) is 4.79 Å². The molecular weight excluding hydrogens is 362 g/mol. The molecule has 0 radical (unpaired) electrons. The van der Waals surface area contributed by atoms with Crippen LogP contribution in [0.15, 0.2) is 21.1 Å². The van der Waals surface area contributed by atoms with E-state index in [4.69, 9.17) is 14.0 Å². The molecule has 0 saturated carbocycles. The van der Waals surface area contributed by atoms with Gasteiger partial charge in [-0.15, -0.1) is 0 Å². The van der Waals surface area contributed by atoms with Crippen molar-refractivity contribution in [2.24, 2.45) is 0 Å². The Morgan fingerprint density at radius 2 is 1.93 bits per heavy atom. The van der Waals surface area contributed by atoms with E-state index in [-0.39, 0.29) is 18.0 Å². The third-order valence-electron chi connectivity index (χ3n) is 4.59. The summed E-state index contributed by atoms with van der Waals surface area (Å²) in [5.41, 5.74) is 1.82. The van der Waals surface area contributed by atoms with Crippen LogP contribution in [0.1, 0.15) is 54.3 Å². The Hall–Kier alpha value is -3.16. The minimum atomic E-state index is -0.906. The van der Waals surface area contributed by atoms with Crippen molar-refractivity contribution >= 4 is 23.0 Å². The van der Waals surface area contributed by atoms with Crippen LogP contribution in [0.3, 0.4) is 0 Å². The molecule has 8 heteroatoms. The summed E-state index contributed by atoms with van der Waals surface area (Å²) in [4.78, 5) is 28.4. The Balaban J connectivity index is 2.04. The first-order valence-electron chi connectivity index (χ1n) is 8.96. The van der Waals surface area contributed by atoms with E-state index in [1.54, 1.807) is 26.8 Å². The predicted molar refractivity (Wildman–Crippen MR) is 102 cm³/mol. The molecule has 0 saturated heterocycles. The van der Waals surface area contributed by atoms with Gasteiger partial charge in [0.25, 0.3) is 11.6 Å². The molecule has 28 heavy (non-hydrogen) atoms. The number of rotatable bonds is 6. The molecule has 8 nitrogen and oxygen atoms in total. The van der Waals surface area contributed by atoms with Crippen LogP contribution in [0.25, 0.3) is 22.4 Å². The maximum atomic E-state index is 13.1. The number of nitrogens with one attached hydrogen (secondary N) is 1. The Kier molecular flexibility index (Phi) is 4.97. The first kappa shape index (κ1) is 19.6. The van der Waals surface area contributed by atoms with E-state index >= 15 is 0 Å². The van der Waals surface area contributed by atoms with Gasteiger partial charge in [-0.25, -0.2) is 4.98 Å². The lowest BCUT2D eigenvalue weighted by Gasteiger charge is -2.25. The molecule has 3 heterocycles. The van der Waals surface area contributed by atoms with Gasteiger partial charge in [0.1, 0.15) is 11.5 Å². The van der Waals surface area contributed by atoms with E-state index < -0.39 is 11.5 Å². The van der Waals surface area contributed by atoms with Gasteiger partial charge in [0.05, 0.1) is 22.3 Å². The van der Waals surface area contributed by atoms with E-state index in [9.17, 15) is 9.59 Å². The summed E-state index contributed by atoms with van der Waals surface area (Å²) in [6, 6.07) is 3.54. The molecule has 3 aromatic rings. The molecule has 0 aliphatic rings. The highest BCUT2D eigenvalue weighted by molar-refractivity contribution is 6.07. The first-order valence-corrected chi connectivity index (χ1v) is 8.96. The number of aryl methyl sites for hydroxylation is 3. The molecule has 0 atom stereocenters. The molecule has 1 amide bonds. The number of amides is 1. The van der Waals surface area contributed by atoms with Gasteiger partial charge in [0.2, 0.25) is 0 Å². The van der Waals surface area contributed by atoms with Crippen molar-refractivity contribution in [3.63, 3.8) is 0 Å². The lowest BCUT2D eigenvalue weighted by Crippen LogP contribution is -2.43. The maximum absolute atomic E-state index is 13.1. The summed E-state index contributed by atoms with van der Waals surface area (Å²) in [5.74, 6) is 0.183. The van der Waals surface area contributed by atoms with Crippen molar-refractivity contribution in [3.8, 4) is 11.3 Å². The molecule has 0 aromatic carbocycles. The fourth-order valence-electron chi connectivity index (χ4n) is 3.15. The summed E-state index contributed by atoms with van der Waals surface area (Å²) in [6.07, 6.45) is 0.266. The van der Waals surface area contributed by atoms with Gasteiger partial charge in [-0.3, -0.25) is 9.59 Å². The first-order chi connectivity index (χ1) is 13.1. The number of carbonyl (C=O) groups is 2. The van der Waals surface area contributed by atoms with Gasteiger partial charge >= 0.3 is 5.97 Å². The minimum absolute atomic E-state index is 0.0376. The summed E-state index contributed by atoms with van der Waals surface area (Å²) in [7, 11) is 0. The number of carboxylic acid groups (broad SMARTS) is 1. The second kappa shape index (κ2) is 7.10. The summed E-state index contributed by atoms with van der Waals surface area (Å²) in [6.45, 7) is 8.99. The van der Waals surface area contributed by atoms with Crippen LogP contribution in [0.5, 0.6) is 0 Å². The van der Waals surface area contributed by atoms with Crippen LogP contribution in [0, 0.1) is 20.8 Å². The number of pyridine rings is 1. The minimum Gasteiger partial charge on any atom is -0.481 e. The average molecular weight is 385 g/mol. The monoisotopic (exact) mass is 385 g/mol. The van der Waals surface area contributed by atoms with Gasteiger partial charge < -0.3 is 19.4 Å². The van der Waals surface area contributed by atoms with Crippen molar-refractivity contribution in [1.29, 1.82) is 0 Å². The van der Waals surface area contributed by atoms with Crippen molar-refractivity contribution in [2.45, 2.75) is 53.0 Å². The van der Waals surface area contributed by atoms with Crippen molar-refractivity contribution in [1.82, 2.24) is 15.5 Å². The van der Waals surface area contributed by atoms with Gasteiger partial charge in [-0.2, -0.15) is 0 Å².